The summed E-state index contributed by atoms with van der Waals surface area (Å²) in [6, 6.07) is 11.3. The van der Waals surface area contributed by atoms with Gasteiger partial charge in [0.25, 0.3) is 0 Å². The molecule has 1 aliphatic rings. The fourth-order valence-electron chi connectivity index (χ4n) is 3.15. The van der Waals surface area contributed by atoms with Crippen LogP contribution in [0.3, 0.4) is 0 Å². The molecule has 2 aromatic rings. The summed E-state index contributed by atoms with van der Waals surface area (Å²) in [5, 5.41) is 8.03. The van der Waals surface area contributed by atoms with Crippen molar-refractivity contribution in [1.82, 2.24) is 14.9 Å². The molecule has 4 heteroatoms. The second-order valence-corrected chi connectivity index (χ2v) is 6.91. The van der Waals surface area contributed by atoms with E-state index in [1.165, 1.54) is 22.6 Å². The van der Waals surface area contributed by atoms with Crippen LogP contribution >= 0.6 is 11.5 Å². The minimum absolute atomic E-state index is 0.401. The molecule has 0 bridgehead atoms. The molecule has 3 unspecified atom stereocenters. The smallest absolute Gasteiger partial charge is 0.0829 e. The number of benzene rings is 1. The Balaban J connectivity index is 1.82. The topological polar surface area (TPSA) is 37.8 Å². The fourth-order valence-corrected chi connectivity index (χ4v) is 4.10. The first-order chi connectivity index (χ1) is 10.2. The number of aromatic nitrogens is 2. The number of nitrogens with zero attached hydrogens (tertiary/aromatic N) is 2. The second-order valence-electron chi connectivity index (χ2n) is 6.13. The van der Waals surface area contributed by atoms with E-state index in [1.807, 2.05) is 0 Å². The normalized spacial score (nSPS) is 22.5. The average molecular weight is 301 g/mol. The van der Waals surface area contributed by atoms with Crippen molar-refractivity contribution in [2.45, 2.75) is 45.1 Å². The van der Waals surface area contributed by atoms with E-state index in [4.69, 9.17) is 0 Å². The van der Waals surface area contributed by atoms with Crippen molar-refractivity contribution in [2.24, 2.45) is 5.92 Å². The first-order valence-electron chi connectivity index (χ1n) is 7.82. The molecule has 1 saturated carbocycles. The van der Waals surface area contributed by atoms with E-state index in [0.29, 0.717) is 23.8 Å². The molecule has 0 spiro atoms. The van der Waals surface area contributed by atoms with Crippen LogP contribution in [-0.4, -0.2) is 16.1 Å². The van der Waals surface area contributed by atoms with Gasteiger partial charge in [-0.15, -0.1) is 5.10 Å². The number of hydrogen-bond donors (Lipinski definition) is 1. The highest BCUT2D eigenvalue weighted by atomic mass is 32.1. The number of nitrogens with one attached hydrogen (secondary N) is 1. The predicted octanol–water partition coefficient (Wildman–Crippen LogP) is 4.12. The van der Waals surface area contributed by atoms with Crippen LogP contribution < -0.4 is 5.32 Å². The van der Waals surface area contributed by atoms with Crippen molar-refractivity contribution in [2.75, 3.05) is 6.54 Å². The van der Waals surface area contributed by atoms with Crippen LogP contribution in [0.2, 0.25) is 0 Å². The van der Waals surface area contributed by atoms with E-state index >= 15 is 0 Å². The summed E-state index contributed by atoms with van der Waals surface area (Å²) < 4.78 is 4.21. The maximum atomic E-state index is 4.36. The molecule has 0 saturated heterocycles. The van der Waals surface area contributed by atoms with E-state index in [-0.39, 0.29) is 0 Å². The zero-order chi connectivity index (χ0) is 14.8. The van der Waals surface area contributed by atoms with Crippen molar-refractivity contribution >= 4 is 11.5 Å². The Bertz CT molecular complexity index is 579. The van der Waals surface area contributed by atoms with Gasteiger partial charge in [-0.2, -0.15) is 0 Å². The van der Waals surface area contributed by atoms with Gasteiger partial charge in [0.1, 0.15) is 0 Å². The molecular weight excluding hydrogens is 278 g/mol. The van der Waals surface area contributed by atoms with E-state index in [2.05, 4.69) is 66.0 Å². The summed E-state index contributed by atoms with van der Waals surface area (Å²) in [5.41, 5.74) is 2.64. The predicted molar refractivity (Wildman–Crippen MR) is 87.7 cm³/mol. The van der Waals surface area contributed by atoms with Crippen LogP contribution in [0.5, 0.6) is 0 Å². The van der Waals surface area contributed by atoms with E-state index in [9.17, 15) is 0 Å². The molecule has 112 valence electrons. The standard InChI is InChI=1S/C17H23N3S/c1-4-18-16(17-15(11(2)3)19-20-21-17)14-10-13(14)12-8-6-5-7-9-12/h5-9,11,13-14,16,18H,4,10H2,1-3H3. The molecule has 1 fully saturated rings. The minimum atomic E-state index is 0.401. The Labute approximate surface area is 131 Å². The lowest BCUT2D eigenvalue weighted by Gasteiger charge is -2.18. The summed E-state index contributed by atoms with van der Waals surface area (Å²) in [6.07, 6.45) is 1.26. The SMILES string of the molecule is CCNC(c1snnc1C(C)C)C1CC1c1ccccc1. The van der Waals surface area contributed by atoms with Gasteiger partial charge in [0.05, 0.1) is 10.6 Å². The van der Waals surface area contributed by atoms with Gasteiger partial charge in [-0.05, 0) is 47.8 Å². The summed E-state index contributed by atoms with van der Waals surface area (Å²) >= 11 is 1.57. The maximum Gasteiger partial charge on any atom is 0.0829 e. The Hall–Kier alpha value is -1.26. The summed E-state index contributed by atoms with van der Waals surface area (Å²) in [5.74, 6) is 1.79. The zero-order valence-electron chi connectivity index (χ0n) is 12.9. The molecule has 3 rings (SSSR count). The highest BCUT2D eigenvalue weighted by Crippen LogP contribution is 2.55. The quantitative estimate of drug-likeness (QED) is 0.872. The number of hydrogen-bond acceptors (Lipinski definition) is 4. The van der Waals surface area contributed by atoms with Crippen molar-refractivity contribution in [3.63, 3.8) is 0 Å². The molecule has 0 amide bonds. The Kier molecular flexibility index (Phi) is 4.36. The monoisotopic (exact) mass is 301 g/mol. The molecule has 1 N–H and O–H groups in total. The van der Waals surface area contributed by atoms with Crippen LogP contribution in [0.25, 0.3) is 0 Å². The first kappa shape index (κ1) is 14.7. The van der Waals surface area contributed by atoms with Crippen molar-refractivity contribution < 1.29 is 0 Å². The lowest BCUT2D eigenvalue weighted by atomic mass is 10.00. The lowest BCUT2D eigenvalue weighted by molar-refractivity contribution is 0.488. The van der Waals surface area contributed by atoms with Gasteiger partial charge in [-0.25, -0.2) is 0 Å². The third-order valence-corrected chi connectivity index (χ3v) is 5.11. The third-order valence-electron chi connectivity index (χ3n) is 4.29. The molecule has 1 heterocycles. The van der Waals surface area contributed by atoms with E-state index in [1.54, 1.807) is 11.5 Å². The van der Waals surface area contributed by atoms with Crippen molar-refractivity contribution in [1.29, 1.82) is 0 Å². The second kappa shape index (κ2) is 6.24. The van der Waals surface area contributed by atoms with E-state index < -0.39 is 0 Å². The molecule has 3 atom stereocenters. The van der Waals surface area contributed by atoms with Crippen molar-refractivity contribution in [3.05, 3.63) is 46.5 Å². The van der Waals surface area contributed by atoms with Gasteiger partial charge >= 0.3 is 0 Å². The highest BCUT2D eigenvalue weighted by Gasteiger charge is 2.45. The van der Waals surface area contributed by atoms with Crippen LogP contribution in [-0.2, 0) is 0 Å². The fraction of sp³-hybridized carbons (Fsp3) is 0.529. The van der Waals surface area contributed by atoms with Crippen LogP contribution in [0.15, 0.2) is 30.3 Å². The van der Waals surface area contributed by atoms with Crippen LogP contribution in [0.1, 0.15) is 61.2 Å². The van der Waals surface area contributed by atoms with Gasteiger partial charge in [-0.3, -0.25) is 0 Å². The third kappa shape index (κ3) is 3.01. The summed E-state index contributed by atoms with van der Waals surface area (Å²) in [4.78, 5) is 1.34. The van der Waals surface area contributed by atoms with E-state index in [0.717, 1.165) is 6.54 Å². The molecule has 3 nitrogen and oxygen atoms in total. The molecule has 1 aromatic heterocycles. The molecule has 1 aliphatic carbocycles. The molecule has 21 heavy (non-hydrogen) atoms. The number of rotatable bonds is 6. The van der Waals surface area contributed by atoms with Crippen molar-refractivity contribution in [3.8, 4) is 0 Å². The molecular formula is C17H23N3S. The highest BCUT2D eigenvalue weighted by molar-refractivity contribution is 7.05. The summed E-state index contributed by atoms with van der Waals surface area (Å²) in [6.45, 7) is 7.56. The largest absolute Gasteiger partial charge is 0.309 e. The first-order valence-corrected chi connectivity index (χ1v) is 8.60. The van der Waals surface area contributed by atoms with Crippen LogP contribution in [0.4, 0.5) is 0 Å². The van der Waals surface area contributed by atoms with Gasteiger partial charge in [0.15, 0.2) is 0 Å². The van der Waals surface area contributed by atoms with Gasteiger partial charge in [-0.1, -0.05) is 55.6 Å². The van der Waals surface area contributed by atoms with Gasteiger partial charge in [0, 0.05) is 6.04 Å². The lowest BCUT2D eigenvalue weighted by Crippen LogP contribution is -2.23. The summed E-state index contributed by atoms with van der Waals surface area (Å²) in [7, 11) is 0. The Morgan fingerprint density at radius 2 is 2.05 bits per heavy atom. The van der Waals surface area contributed by atoms with Gasteiger partial charge in [0.2, 0.25) is 0 Å². The molecule has 1 aromatic carbocycles. The average Bonchev–Trinajstić information content (AvgIpc) is 3.13. The van der Waals surface area contributed by atoms with Crippen LogP contribution in [0, 0.1) is 5.92 Å². The zero-order valence-corrected chi connectivity index (χ0v) is 13.7. The molecule has 0 radical (unpaired) electrons. The Morgan fingerprint density at radius 1 is 1.29 bits per heavy atom. The van der Waals surface area contributed by atoms with Gasteiger partial charge < -0.3 is 5.32 Å². The maximum absolute atomic E-state index is 4.36. The minimum Gasteiger partial charge on any atom is -0.309 e. The molecule has 0 aliphatic heterocycles. The Morgan fingerprint density at radius 3 is 2.71 bits per heavy atom.